The topological polar surface area (TPSA) is 106 Å². The molecule has 226 valence electrons. The standard InChI is InChI=1S/C29H45N5O6Si/c1-20-18-31(13-14-32(20)28(38)40-29(2,3)4)21-9-10-22-24(17-21)30(5)27(37)34(22)23-11-12-25(35)33(26(23)36)19-39-15-16-41(6,7)8/h9-10,17,20,23H,11-16,18-19H2,1-8H3/t20-,23?/m1/s1. The van der Waals surface area contributed by atoms with Crippen LogP contribution in [-0.2, 0) is 26.1 Å². The summed E-state index contributed by atoms with van der Waals surface area (Å²) in [5.74, 6) is -0.672. The van der Waals surface area contributed by atoms with Crippen molar-refractivity contribution in [3.8, 4) is 0 Å². The molecule has 4 rings (SSSR count). The summed E-state index contributed by atoms with van der Waals surface area (Å²) in [4.78, 5) is 57.3. The van der Waals surface area contributed by atoms with Crippen LogP contribution in [0.25, 0.3) is 11.0 Å². The summed E-state index contributed by atoms with van der Waals surface area (Å²) in [6.45, 7) is 16.5. The smallest absolute Gasteiger partial charge is 0.410 e. The second-order valence-corrected chi connectivity index (χ2v) is 19.0. The highest BCUT2D eigenvalue weighted by atomic mass is 28.3. The van der Waals surface area contributed by atoms with Gasteiger partial charge in [-0.25, -0.2) is 9.59 Å². The molecule has 12 heteroatoms. The van der Waals surface area contributed by atoms with E-state index in [9.17, 15) is 19.2 Å². The number of aryl methyl sites for hydroxylation is 1. The molecule has 2 saturated heterocycles. The zero-order valence-corrected chi connectivity index (χ0v) is 26.7. The van der Waals surface area contributed by atoms with Crippen LogP contribution in [0.2, 0.25) is 25.7 Å². The molecule has 2 aliphatic rings. The average Bonchev–Trinajstić information content (AvgIpc) is 3.11. The van der Waals surface area contributed by atoms with E-state index in [0.717, 1.165) is 16.6 Å². The maximum absolute atomic E-state index is 13.5. The van der Waals surface area contributed by atoms with Gasteiger partial charge in [0.25, 0.3) is 5.91 Å². The Morgan fingerprint density at radius 2 is 1.78 bits per heavy atom. The number of rotatable bonds is 7. The Morgan fingerprint density at radius 1 is 1.07 bits per heavy atom. The fraction of sp³-hybridized carbons (Fsp3) is 0.655. The third kappa shape index (κ3) is 6.86. The SMILES string of the molecule is C[C@@H]1CN(c2ccc3c(c2)n(C)c(=O)n3C2CCC(=O)N(COCC[Si](C)(C)C)C2=O)CCN1C(=O)OC(C)(C)C. The normalized spacial score (nSPS) is 20.7. The van der Waals surface area contributed by atoms with Crippen LogP contribution in [0.4, 0.5) is 10.5 Å². The van der Waals surface area contributed by atoms with Crippen LogP contribution in [-0.4, -0.2) is 89.5 Å². The van der Waals surface area contributed by atoms with Crippen molar-refractivity contribution >= 4 is 42.7 Å². The molecule has 2 atom stereocenters. The molecular formula is C29H45N5O6Si. The molecule has 0 bridgehead atoms. The molecule has 1 unspecified atom stereocenters. The molecule has 0 aliphatic carbocycles. The molecule has 11 nitrogen and oxygen atoms in total. The van der Waals surface area contributed by atoms with Gasteiger partial charge in [-0.1, -0.05) is 19.6 Å². The first-order chi connectivity index (χ1) is 19.1. The summed E-state index contributed by atoms with van der Waals surface area (Å²) >= 11 is 0. The van der Waals surface area contributed by atoms with Gasteiger partial charge in [-0.3, -0.25) is 23.6 Å². The van der Waals surface area contributed by atoms with E-state index in [-0.39, 0.29) is 43.3 Å². The number of carbonyl (C=O) groups excluding carboxylic acids is 3. The summed E-state index contributed by atoms with van der Waals surface area (Å²) in [6.07, 6.45) is 0.133. The van der Waals surface area contributed by atoms with Crippen molar-refractivity contribution in [2.45, 2.75) is 83.9 Å². The molecule has 0 spiro atoms. The number of amides is 3. The minimum atomic E-state index is -1.31. The summed E-state index contributed by atoms with van der Waals surface area (Å²) in [7, 11) is 0.392. The lowest BCUT2D eigenvalue weighted by Gasteiger charge is -2.41. The highest BCUT2D eigenvalue weighted by molar-refractivity contribution is 6.76. The van der Waals surface area contributed by atoms with Gasteiger partial charge in [0, 0.05) is 59.5 Å². The molecule has 1 aromatic heterocycles. The Balaban J connectivity index is 1.52. The molecule has 3 amide bonds. The Bertz CT molecular complexity index is 1370. The Labute approximate surface area is 243 Å². The van der Waals surface area contributed by atoms with Crippen LogP contribution >= 0.6 is 0 Å². The van der Waals surface area contributed by atoms with E-state index in [1.807, 2.05) is 45.9 Å². The molecule has 2 aromatic rings. The molecule has 1 aromatic carbocycles. The fourth-order valence-corrected chi connectivity index (χ4v) is 6.12. The summed E-state index contributed by atoms with van der Waals surface area (Å²) < 4.78 is 14.4. The zero-order valence-electron chi connectivity index (χ0n) is 25.7. The first-order valence-corrected chi connectivity index (χ1v) is 18.2. The maximum atomic E-state index is 13.5. The first-order valence-electron chi connectivity index (χ1n) is 14.4. The summed E-state index contributed by atoms with van der Waals surface area (Å²) in [5.41, 5.74) is 1.43. The van der Waals surface area contributed by atoms with Crippen molar-refractivity contribution in [3.05, 3.63) is 28.7 Å². The van der Waals surface area contributed by atoms with E-state index in [0.29, 0.717) is 37.3 Å². The summed E-state index contributed by atoms with van der Waals surface area (Å²) in [6, 6.07) is 5.89. The van der Waals surface area contributed by atoms with Crippen LogP contribution in [0.3, 0.4) is 0 Å². The van der Waals surface area contributed by atoms with Gasteiger partial charge in [0.2, 0.25) is 5.91 Å². The quantitative estimate of drug-likeness (QED) is 0.276. The van der Waals surface area contributed by atoms with Crippen molar-refractivity contribution in [2.75, 3.05) is 37.9 Å². The lowest BCUT2D eigenvalue weighted by atomic mass is 10.0. The number of hydrogen-bond acceptors (Lipinski definition) is 7. The number of ether oxygens (including phenoxy) is 2. The van der Waals surface area contributed by atoms with Gasteiger partial charge in [0.15, 0.2) is 0 Å². The highest BCUT2D eigenvalue weighted by Gasteiger charge is 2.38. The molecule has 3 heterocycles. The third-order valence-corrected chi connectivity index (χ3v) is 9.41. The van der Waals surface area contributed by atoms with E-state index < -0.39 is 25.6 Å². The number of fused-ring (bicyclic) bond motifs is 1. The highest BCUT2D eigenvalue weighted by Crippen LogP contribution is 2.30. The van der Waals surface area contributed by atoms with Crippen molar-refractivity contribution in [1.82, 2.24) is 18.9 Å². The number of likely N-dealkylation sites (tertiary alicyclic amines) is 1. The molecule has 2 fully saturated rings. The number of piperidine rings is 1. The lowest BCUT2D eigenvalue weighted by molar-refractivity contribution is -0.157. The van der Waals surface area contributed by atoms with Gasteiger partial charge in [0.05, 0.1) is 11.0 Å². The lowest BCUT2D eigenvalue weighted by Crippen LogP contribution is -2.55. The number of imide groups is 1. The van der Waals surface area contributed by atoms with Gasteiger partial charge >= 0.3 is 11.8 Å². The third-order valence-electron chi connectivity index (χ3n) is 7.71. The largest absolute Gasteiger partial charge is 0.444 e. The van der Waals surface area contributed by atoms with Crippen molar-refractivity contribution in [3.63, 3.8) is 0 Å². The van der Waals surface area contributed by atoms with Crippen molar-refractivity contribution in [1.29, 1.82) is 0 Å². The van der Waals surface area contributed by atoms with Gasteiger partial charge in [0.1, 0.15) is 18.4 Å². The zero-order chi connectivity index (χ0) is 30.3. The van der Waals surface area contributed by atoms with Crippen molar-refractivity contribution in [2.24, 2.45) is 7.05 Å². The Hall–Kier alpha value is -3.12. The van der Waals surface area contributed by atoms with Crippen LogP contribution in [0.1, 0.15) is 46.6 Å². The summed E-state index contributed by atoms with van der Waals surface area (Å²) in [5, 5.41) is 0. The van der Waals surface area contributed by atoms with E-state index in [1.165, 1.54) is 4.57 Å². The average molecular weight is 588 g/mol. The van der Waals surface area contributed by atoms with E-state index in [4.69, 9.17) is 9.47 Å². The predicted octanol–water partition coefficient (Wildman–Crippen LogP) is 3.79. The predicted molar refractivity (Wildman–Crippen MR) is 161 cm³/mol. The maximum Gasteiger partial charge on any atom is 0.410 e. The Kier molecular flexibility index (Phi) is 8.75. The molecule has 2 aliphatic heterocycles. The fourth-order valence-electron chi connectivity index (χ4n) is 5.36. The van der Waals surface area contributed by atoms with E-state index >= 15 is 0 Å². The number of anilines is 1. The number of aromatic nitrogens is 2. The first kappa shape index (κ1) is 30.8. The molecule has 0 radical (unpaired) electrons. The second-order valence-electron chi connectivity index (χ2n) is 13.4. The number of carbonyl (C=O) groups is 3. The minimum Gasteiger partial charge on any atom is -0.444 e. The molecule has 41 heavy (non-hydrogen) atoms. The van der Waals surface area contributed by atoms with E-state index in [1.54, 1.807) is 16.5 Å². The Morgan fingerprint density at radius 3 is 2.41 bits per heavy atom. The van der Waals surface area contributed by atoms with Crippen LogP contribution in [0, 0.1) is 0 Å². The van der Waals surface area contributed by atoms with Gasteiger partial charge in [-0.05, 0) is 58.4 Å². The van der Waals surface area contributed by atoms with Crippen molar-refractivity contribution < 1.29 is 23.9 Å². The second kappa shape index (κ2) is 11.6. The number of imidazole rings is 1. The number of hydrogen-bond donors (Lipinski definition) is 0. The number of benzene rings is 1. The van der Waals surface area contributed by atoms with Gasteiger partial charge < -0.3 is 19.3 Å². The molecular weight excluding hydrogens is 542 g/mol. The number of piperazine rings is 1. The minimum absolute atomic E-state index is 0.0564. The van der Waals surface area contributed by atoms with Crippen LogP contribution < -0.4 is 10.6 Å². The van der Waals surface area contributed by atoms with Gasteiger partial charge in [-0.15, -0.1) is 0 Å². The molecule has 0 saturated carbocycles. The van der Waals surface area contributed by atoms with E-state index in [2.05, 4.69) is 24.5 Å². The monoisotopic (exact) mass is 587 g/mol. The number of nitrogens with zero attached hydrogens (tertiary/aromatic N) is 5. The van der Waals surface area contributed by atoms with Crippen LogP contribution in [0.15, 0.2) is 23.0 Å². The molecule has 0 N–H and O–H groups in total. The van der Waals surface area contributed by atoms with Gasteiger partial charge in [-0.2, -0.15) is 0 Å². The van der Waals surface area contributed by atoms with Crippen LogP contribution in [0.5, 0.6) is 0 Å².